The third-order valence-corrected chi connectivity index (χ3v) is 3.46. The maximum absolute atomic E-state index is 11.7. The number of nitrogens with zero attached hydrogens (tertiary/aromatic N) is 2. The molecule has 1 heterocycles. The Morgan fingerprint density at radius 3 is 2.55 bits per heavy atom. The molecule has 20 heavy (non-hydrogen) atoms. The molecule has 0 saturated heterocycles. The first-order valence-corrected chi connectivity index (χ1v) is 8.52. The van der Waals surface area contributed by atoms with Gasteiger partial charge in [-0.25, -0.2) is 8.42 Å². The van der Waals surface area contributed by atoms with Crippen LogP contribution in [0.25, 0.3) is 0 Å². The Morgan fingerprint density at radius 2 is 2.00 bits per heavy atom. The number of carbonyl (C=O) groups is 1. The van der Waals surface area contributed by atoms with Crippen LogP contribution in [0.3, 0.4) is 0 Å². The number of aromatic nitrogens is 2. The first-order valence-electron chi connectivity index (χ1n) is 6.46. The van der Waals surface area contributed by atoms with Gasteiger partial charge in [-0.1, -0.05) is 6.92 Å². The molecular formula is C12H20N4O3S. The predicted octanol–water partition coefficient (Wildman–Crippen LogP) is 0.463. The van der Waals surface area contributed by atoms with E-state index in [0.29, 0.717) is 18.8 Å². The average Bonchev–Trinajstić information content (AvgIpc) is 2.40. The van der Waals surface area contributed by atoms with E-state index >= 15 is 0 Å². The molecule has 1 rings (SSSR count). The highest BCUT2D eigenvalue weighted by Crippen LogP contribution is 2.02. The van der Waals surface area contributed by atoms with Crippen LogP contribution in [0.5, 0.6) is 0 Å². The van der Waals surface area contributed by atoms with Gasteiger partial charge in [-0.05, 0) is 25.0 Å². The normalized spacial score (nSPS) is 11.1. The predicted molar refractivity (Wildman–Crippen MR) is 77.5 cm³/mol. The largest absolute Gasteiger partial charge is 0.369 e. The van der Waals surface area contributed by atoms with Crippen molar-refractivity contribution in [3.05, 3.63) is 17.8 Å². The Bertz CT molecular complexity index is 528. The molecule has 7 nitrogen and oxygen atoms in total. The molecule has 1 aromatic rings. The molecule has 112 valence electrons. The van der Waals surface area contributed by atoms with Crippen molar-refractivity contribution in [2.45, 2.75) is 19.8 Å². The molecule has 0 atom stereocenters. The number of sulfone groups is 1. The second-order valence-corrected chi connectivity index (χ2v) is 6.73. The van der Waals surface area contributed by atoms with E-state index in [2.05, 4.69) is 20.8 Å². The lowest BCUT2D eigenvalue weighted by Crippen LogP contribution is -2.27. The molecule has 0 radical (unpaired) electrons. The van der Waals surface area contributed by atoms with Crippen LogP contribution in [0, 0.1) is 0 Å². The summed E-state index contributed by atoms with van der Waals surface area (Å²) in [4.78, 5) is 11.7. The number of carbonyl (C=O) groups excluding carboxylic acids is 1. The molecule has 0 aromatic carbocycles. The van der Waals surface area contributed by atoms with Crippen molar-refractivity contribution >= 4 is 21.6 Å². The van der Waals surface area contributed by atoms with Crippen LogP contribution in [0.1, 0.15) is 30.3 Å². The fourth-order valence-corrected chi connectivity index (χ4v) is 2.10. The van der Waals surface area contributed by atoms with Gasteiger partial charge >= 0.3 is 0 Å². The van der Waals surface area contributed by atoms with E-state index in [-0.39, 0.29) is 17.4 Å². The van der Waals surface area contributed by atoms with E-state index < -0.39 is 9.84 Å². The van der Waals surface area contributed by atoms with E-state index in [1.807, 2.05) is 6.92 Å². The molecule has 1 amide bonds. The van der Waals surface area contributed by atoms with Crippen LogP contribution in [0.4, 0.5) is 5.82 Å². The zero-order valence-corrected chi connectivity index (χ0v) is 12.5. The summed E-state index contributed by atoms with van der Waals surface area (Å²) in [7, 11) is -2.99. The van der Waals surface area contributed by atoms with Gasteiger partial charge in [0.25, 0.3) is 5.91 Å². The van der Waals surface area contributed by atoms with Crippen LogP contribution < -0.4 is 10.6 Å². The molecule has 0 aliphatic rings. The highest BCUT2D eigenvalue weighted by molar-refractivity contribution is 7.90. The second kappa shape index (κ2) is 7.78. The highest BCUT2D eigenvalue weighted by atomic mass is 32.2. The minimum Gasteiger partial charge on any atom is -0.369 e. The van der Waals surface area contributed by atoms with Gasteiger partial charge in [0.1, 0.15) is 15.7 Å². The highest BCUT2D eigenvalue weighted by Gasteiger charge is 2.08. The second-order valence-electron chi connectivity index (χ2n) is 4.47. The minimum absolute atomic E-state index is 0.0544. The Hall–Kier alpha value is -1.70. The smallest absolute Gasteiger partial charge is 0.271 e. The maximum atomic E-state index is 11.7. The summed E-state index contributed by atoms with van der Waals surface area (Å²) >= 11 is 0. The molecule has 0 spiro atoms. The van der Waals surface area contributed by atoms with Crippen molar-refractivity contribution in [2.24, 2.45) is 0 Å². The van der Waals surface area contributed by atoms with Crippen LogP contribution in [0.2, 0.25) is 0 Å². The molecule has 0 fully saturated rings. The van der Waals surface area contributed by atoms with Crippen molar-refractivity contribution in [3.8, 4) is 0 Å². The summed E-state index contributed by atoms with van der Waals surface area (Å²) in [5.74, 6) is 0.326. The van der Waals surface area contributed by atoms with Crippen molar-refractivity contribution < 1.29 is 13.2 Å². The molecular weight excluding hydrogens is 280 g/mol. The number of anilines is 1. The van der Waals surface area contributed by atoms with Gasteiger partial charge in [-0.3, -0.25) is 4.79 Å². The minimum atomic E-state index is -2.99. The zero-order valence-electron chi connectivity index (χ0n) is 11.7. The number of hydrogen-bond acceptors (Lipinski definition) is 6. The molecule has 0 aliphatic carbocycles. The SMILES string of the molecule is CCCNc1ccc(C(=O)NCCCS(C)(=O)=O)nn1. The van der Waals surface area contributed by atoms with E-state index in [1.165, 1.54) is 6.26 Å². The first kappa shape index (κ1) is 16.4. The molecule has 0 saturated carbocycles. The fraction of sp³-hybridized carbons (Fsp3) is 0.583. The Labute approximate surface area is 119 Å². The first-order chi connectivity index (χ1) is 9.42. The third-order valence-electron chi connectivity index (χ3n) is 2.43. The third kappa shape index (κ3) is 6.46. The monoisotopic (exact) mass is 300 g/mol. The summed E-state index contributed by atoms with van der Waals surface area (Å²) in [5.41, 5.74) is 0.214. The zero-order chi connectivity index (χ0) is 15.0. The average molecular weight is 300 g/mol. The van der Waals surface area contributed by atoms with Gasteiger partial charge in [0.2, 0.25) is 0 Å². The standard InChI is InChI=1S/C12H20N4O3S/c1-3-7-13-11-6-5-10(15-16-11)12(17)14-8-4-9-20(2,18)19/h5-6H,3-4,7-9H2,1-2H3,(H,13,16)(H,14,17). The van der Waals surface area contributed by atoms with Gasteiger partial charge in [-0.2, -0.15) is 0 Å². The van der Waals surface area contributed by atoms with E-state index in [0.717, 1.165) is 13.0 Å². The molecule has 0 unspecified atom stereocenters. The lowest BCUT2D eigenvalue weighted by atomic mass is 10.3. The van der Waals surface area contributed by atoms with Gasteiger partial charge in [0.15, 0.2) is 5.69 Å². The number of rotatable bonds is 8. The molecule has 0 bridgehead atoms. The molecule has 8 heteroatoms. The summed E-state index contributed by atoms with van der Waals surface area (Å²) in [6.07, 6.45) is 2.53. The van der Waals surface area contributed by atoms with Crippen LogP contribution in [-0.2, 0) is 9.84 Å². The number of nitrogens with one attached hydrogen (secondary N) is 2. The number of amides is 1. The quantitative estimate of drug-likeness (QED) is 0.677. The lowest BCUT2D eigenvalue weighted by molar-refractivity contribution is 0.0947. The Balaban J connectivity index is 2.39. The van der Waals surface area contributed by atoms with Crippen molar-refractivity contribution in [1.29, 1.82) is 0 Å². The summed E-state index contributed by atoms with van der Waals surface area (Å²) < 4.78 is 21.9. The van der Waals surface area contributed by atoms with Crippen LogP contribution in [-0.4, -0.2) is 49.6 Å². The van der Waals surface area contributed by atoms with Gasteiger partial charge in [-0.15, -0.1) is 10.2 Å². The van der Waals surface area contributed by atoms with Gasteiger partial charge in [0.05, 0.1) is 5.75 Å². The van der Waals surface area contributed by atoms with E-state index in [4.69, 9.17) is 0 Å². The van der Waals surface area contributed by atoms with Crippen LogP contribution >= 0.6 is 0 Å². The van der Waals surface area contributed by atoms with E-state index in [9.17, 15) is 13.2 Å². The Kier molecular flexibility index (Phi) is 6.37. The molecule has 2 N–H and O–H groups in total. The lowest BCUT2D eigenvalue weighted by Gasteiger charge is -2.05. The van der Waals surface area contributed by atoms with Gasteiger partial charge < -0.3 is 10.6 Å². The van der Waals surface area contributed by atoms with Gasteiger partial charge in [0, 0.05) is 19.3 Å². The topological polar surface area (TPSA) is 101 Å². The van der Waals surface area contributed by atoms with Crippen molar-refractivity contribution in [2.75, 3.05) is 30.4 Å². The van der Waals surface area contributed by atoms with Crippen molar-refractivity contribution in [3.63, 3.8) is 0 Å². The van der Waals surface area contributed by atoms with E-state index in [1.54, 1.807) is 12.1 Å². The summed E-state index contributed by atoms with van der Waals surface area (Å²) in [5, 5.41) is 13.4. The molecule has 0 aliphatic heterocycles. The Morgan fingerprint density at radius 1 is 1.25 bits per heavy atom. The summed E-state index contributed by atoms with van der Waals surface area (Å²) in [6.45, 7) is 3.13. The summed E-state index contributed by atoms with van der Waals surface area (Å²) in [6, 6.07) is 3.27. The fourth-order valence-electron chi connectivity index (χ4n) is 1.43. The maximum Gasteiger partial charge on any atom is 0.271 e. The van der Waals surface area contributed by atoms with Crippen LogP contribution in [0.15, 0.2) is 12.1 Å². The number of hydrogen-bond donors (Lipinski definition) is 2. The van der Waals surface area contributed by atoms with Crippen molar-refractivity contribution in [1.82, 2.24) is 15.5 Å². The molecule has 1 aromatic heterocycles.